The molecule has 0 bridgehead atoms. The van der Waals surface area contributed by atoms with Crippen molar-refractivity contribution in [1.29, 1.82) is 0 Å². The Morgan fingerprint density at radius 1 is 0.958 bits per heavy atom. The summed E-state index contributed by atoms with van der Waals surface area (Å²) < 4.78 is 14.9. The molecule has 0 saturated carbocycles. The lowest BCUT2D eigenvalue weighted by atomic mass is 10.1. The second-order valence-corrected chi connectivity index (χ2v) is 5.12. The Morgan fingerprint density at radius 2 is 1.46 bits per heavy atom. The van der Waals surface area contributed by atoms with Crippen LogP contribution in [0, 0.1) is 13.8 Å². The number of amides is 1. The molecule has 0 atom stereocenters. The molecule has 7 nitrogen and oxygen atoms in total. The molecule has 0 radical (unpaired) electrons. The first-order valence-corrected chi connectivity index (χ1v) is 7.71. The SMILES string of the molecule is CCOC(=O)C(NC(=O)COc1cc(C)cc(C)c1)C(=O)OCC. The summed E-state index contributed by atoms with van der Waals surface area (Å²) in [5.41, 5.74) is 2.00. The maximum Gasteiger partial charge on any atom is 0.340 e. The van der Waals surface area contributed by atoms with Crippen LogP contribution in [0.1, 0.15) is 25.0 Å². The maximum atomic E-state index is 12.0. The quantitative estimate of drug-likeness (QED) is 0.568. The molecule has 132 valence electrons. The first-order valence-electron chi connectivity index (χ1n) is 7.71. The fraction of sp³-hybridized carbons (Fsp3) is 0.471. The molecule has 0 spiro atoms. The second-order valence-electron chi connectivity index (χ2n) is 5.12. The Morgan fingerprint density at radius 3 is 1.92 bits per heavy atom. The molecule has 0 saturated heterocycles. The van der Waals surface area contributed by atoms with Gasteiger partial charge in [-0.25, -0.2) is 9.59 Å². The van der Waals surface area contributed by atoms with E-state index in [0.717, 1.165) is 11.1 Å². The smallest absolute Gasteiger partial charge is 0.340 e. The molecule has 0 aliphatic carbocycles. The molecule has 0 unspecified atom stereocenters. The van der Waals surface area contributed by atoms with E-state index in [1.807, 2.05) is 19.9 Å². The molecule has 1 amide bonds. The zero-order valence-corrected chi connectivity index (χ0v) is 14.4. The minimum absolute atomic E-state index is 0.0870. The van der Waals surface area contributed by atoms with Gasteiger partial charge in [-0.3, -0.25) is 4.79 Å². The van der Waals surface area contributed by atoms with Crippen LogP contribution in [0.15, 0.2) is 18.2 Å². The lowest BCUT2D eigenvalue weighted by Gasteiger charge is -2.16. The summed E-state index contributed by atoms with van der Waals surface area (Å²) in [5, 5.41) is 2.27. The van der Waals surface area contributed by atoms with E-state index in [9.17, 15) is 14.4 Å². The molecule has 1 aromatic rings. The summed E-state index contributed by atoms with van der Waals surface area (Å²) in [6.45, 7) is 6.87. The van der Waals surface area contributed by atoms with Gasteiger partial charge in [-0.05, 0) is 51.0 Å². The zero-order valence-electron chi connectivity index (χ0n) is 14.4. The highest BCUT2D eigenvalue weighted by atomic mass is 16.6. The Bertz CT molecular complexity index is 560. The zero-order chi connectivity index (χ0) is 18.1. The predicted octanol–water partition coefficient (Wildman–Crippen LogP) is 1.29. The van der Waals surface area contributed by atoms with Gasteiger partial charge in [0.15, 0.2) is 6.61 Å². The summed E-state index contributed by atoms with van der Waals surface area (Å²) in [7, 11) is 0. The Labute approximate surface area is 141 Å². The van der Waals surface area contributed by atoms with Crippen molar-refractivity contribution >= 4 is 17.8 Å². The van der Waals surface area contributed by atoms with Crippen molar-refractivity contribution in [3.63, 3.8) is 0 Å². The molecule has 7 heteroatoms. The maximum absolute atomic E-state index is 12.0. The van der Waals surface area contributed by atoms with Gasteiger partial charge in [0.1, 0.15) is 5.75 Å². The van der Waals surface area contributed by atoms with Crippen LogP contribution in [-0.4, -0.2) is 43.7 Å². The Hall–Kier alpha value is -2.57. The van der Waals surface area contributed by atoms with Crippen molar-refractivity contribution in [2.75, 3.05) is 19.8 Å². The highest BCUT2D eigenvalue weighted by Crippen LogP contribution is 2.15. The van der Waals surface area contributed by atoms with Gasteiger partial charge in [-0.2, -0.15) is 0 Å². The minimum Gasteiger partial charge on any atom is -0.484 e. The third kappa shape index (κ3) is 6.28. The average Bonchev–Trinajstić information content (AvgIpc) is 2.50. The molecule has 1 rings (SSSR count). The van der Waals surface area contributed by atoms with Crippen molar-refractivity contribution in [2.24, 2.45) is 0 Å². The first-order chi connectivity index (χ1) is 11.4. The van der Waals surface area contributed by atoms with Gasteiger partial charge in [-0.15, -0.1) is 0 Å². The summed E-state index contributed by atoms with van der Waals surface area (Å²) in [4.78, 5) is 35.5. The fourth-order valence-electron chi connectivity index (χ4n) is 2.03. The van der Waals surface area contributed by atoms with E-state index < -0.39 is 23.9 Å². The number of hydrogen-bond donors (Lipinski definition) is 1. The number of benzene rings is 1. The number of rotatable bonds is 8. The molecular formula is C17H23NO6. The van der Waals surface area contributed by atoms with E-state index in [1.165, 1.54) is 0 Å². The first kappa shape index (κ1) is 19.5. The van der Waals surface area contributed by atoms with Crippen molar-refractivity contribution in [3.05, 3.63) is 29.3 Å². The highest BCUT2D eigenvalue weighted by molar-refractivity contribution is 6.02. The van der Waals surface area contributed by atoms with E-state index in [-0.39, 0.29) is 19.8 Å². The van der Waals surface area contributed by atoms with Crippen LogP contribution < -0.4 is 10.1 Å². The topological polar surface area (TPSA) is 90.9 Å². The molecule has 24 heavy (non-hydrogen) atoms. The Balaban J connectivity index is 2.66. The molecule has 0 fully saturated rings. The normalized spacial score (nSPS) is 10.2. The molecule has 1 N–H and O–H groups in total. The van der Waals surface area contributed by atoms with Crippen molar-refractivity contribution in [3.8, 4) is 5.75 Å². The number of aryl methyl sites for hydroxylation is 2. The third-order valence-corrected chi connectivity index (χ3v) is 2.92. The van der Waals surface area contributed by atoms with Gasteiger partial charge >= 0.3 is 11.9 Å². The van der Waals surface area contributed by atoms with Gasteiger partial charge in [0.25, 0.3) is 5.91 Å². The summed E-state index contributed by atoms with van der Waals surface area (Å²) in [6, 6.07) is 4.05. The monoisotopic (exact) mass is 337 g/mol. The highest BCUT2D eigenvalue weighted by Gasteiger charge is 2.31. The number of nitrogens with one attached hydrogen (secondary N) is 1. The van der Waals surface area contributed by atoms with Crippen molar-refractivity contribution in [1.82, 2.24) is 5.32 Å². The predicted molar refractivity (Wildman–Crippen MR) is 86.6 cm³/mol. The van der Waals surface area contributed by atoms with Gasteiger partial charge in [0.05, 0.1) is 13.2 Å². The fourth-order valence-corrected chi connectivity index (χ4v) is 2.03. The van der Waals surface area contributed by atoms with E-state index in [1.54, 1.807) is 26.0 Å². The third-order valence-electron chi connectivity index (χ3n) is 2.92. The van der Waals surface area contributed by atoms with E-state index >= 15 is 0 Å². The number of ether oxygens (including phenoxy) is 3. The molecule has 0 aliphatic heterocycles. The number of esters is 2. The largest absolute Gasteiger partial charge is 0.484 e. The minimum atomic E-state index is -1.50. The molecule has 0 aliphatic rings. The standard InChI is InChI=1S/C17H23NO6/c1-5-22-16(20)15(17(21)23-6-2)18-14(19)10-24-13-8-11(3)7-12(4)9-13/h7-9,15H,5-6,10H2,1-4H3,(H,18,19). The van der Waals surface area contributed by atoms with Crippen LogP contribution in [0.2, 0.25) is 0 Å². The average molecular weight is 337 g/mol. The van der Waals surface area contributed by atoms with Gasteiger partial charge in [-0.1, -0.05) is 6.07 Å². The second kappa shape index (κ2) is 9.54. The van der Waals surface area contributed by atoms with E-state index in [0.29, 0.717) is 5.75 Å². The molecular weight excluding hydrogens is 314 g/mol. The molecule has 0 heterocycles. The van der Waals surface area contributed by atoms with E-state index in [2.05, 4.69) is 5.32 Å². The molecule has 1 aromatic carbocycles. The van der Waals surface area contributed by atoms with Crippen LogP contribution in [-0.2, 0) is 23.9 Å². The van der Waals surface area contributed by atoms with Crippen molar-refractivity contribution < 1.29 is 28.6 Å². The number of hydrogen-bond acceptors (Lipinski definition) is 6. The summed E-state index contributed by atoms with van der Waals surface area (Å²) in [6.07, 6.45) is 0. The number of carbonyl (C=O) groups excluding carboxylic acids is 3. The van der Waals surface area contributed by atoms with Crippen LogP contribution in [0.4, 0.5) is 0 Å². The summed E-state index contributed by atoms with van der Waals surface area (Å²) >= 11 is 0. The van der Waals surface area contributed by atoms with Crippen LogP contribution in [0.5, 0.6) is 5.75 Å². The van der Waals surface area contributed by atoms with Crippen molar-refractivity contribution in [2.45, 2.75) is 33.7 Å². The van der Waals surface area contributed by atoms with Gasteiger partial charge < -0.3 is 19.5 Å². The Kier molecular flexibility index (Phi) is 7.74. The van der Waals surface area contributed by atoms with Crippen LogP contribution in [0.25, 0.3) is 0 Å². The molecule has 0 aromatic heterocycles. The number of carbonyl (C=O) groups is 3. The van der Waals surface area contributed by atoms with Crippen LogP contribution >= 0.6 is 0 Å². The van der Waals surface area contributed by atoms with E-state index in [4.69, 9.17) is 14.2 Å². The van der Waals surface area contributed by atoms with Gasteiger partial charge in [0, 0.05) is 0 Å². The van der Waals surface area contributed by atoms with Crippen LogP contribution in [0.3, 0.4) is 0 Å². The lowest BCUT2D eigenvalue weighted by Crippen LogP contribution is -2.49. The van der Waals surface area contributed by atoms with Gasteiger partial charge in [0.2, 0.25) is 6.04 Å². The lowest BCUT2D eigenvalue weighted by molar-refractivity contribution is -0.159. The summed E-state index contributed by atoms with van der Waals surface area (Å²) in [5.74, 6) is -1.82.